The maximum atomic E-state index is 8.99. The van der Waals surface area contributed by atoms with Crippen LogP contribution in [0.1, 0.15) is 13.8 Å². The summed E-state index contributed by atoms with van der Waals surface area (Å²) in [6, 6.07) is -0.00815. The van der Waals surface area contributed by atoms with Gasteiger partial charge in [-0.25, -0.2) is 0 Å². The Labute approximate surface area is 73.2 Å². The van der Waals surface area contributed by atoms with Crippen LogP contribution in [0.15, 0.2) is 0 Å². The molecule has 0 aromatic carbocycles. The molecule has 4 heteroatoms. The van der Waals surface area contributed by atoms with Gasteiger partial charge in [0.2, 0.25) is 0 Å². The van der Waals surface area contributed by atoms with E-state index in [1.807, 2.05) is 13.8 Å². The van der Waals surface area contributed by atoms with Crippen molar-refractivity contribution in [3.63, 3.8) is 0 Å². The molecule has 4 N–H and O–H groups in total. The molecule has 4 nitrogen and oxygen atoms in total. The lowest BCUT2D eigenvalue weighted by atomic mass is 10.1. The highest BCUT2D eigenvalue weighted by Crippen LogP contribution is 1.99. The Balaban J connectivity index is 3.58. The van der Waals surface area contributed by atoms with Crippen LogP contribution in [0.3, 0.4) is 0 Å². The predicted octanol–water partition coefficient (Wildman–Crippen LogP) is -1.05. The van der Waals surface area contributed by atoms with Crippen LogP contribution in [0.5, 0.6) is 0 Å². The molecule has 0 saturated heterocycles. The van der Waals surface area contributed by atoms with Crippen molar-refractivity contribution in [1.82, 2.24) is 5.32 Å². The van der Waals surface area contributed by atoms with Crippen molar-refractivity contribution in [3.05, 3.63) is 0 Å². The first-order valence-corrected chi connectivity index (χ1v) is 4.25. The molecule has 2 atom stereocenters. The largest absolute Gasteiger partial charge is 0.395 e. The third kappa shape index (κ3) is 4.66. The van der Waals surface area contributed by atoms with Crippen LogP contribution in [0.2, 0.25) is 0 Å². The molecule has 0 amide bonds. The molecule has 0 rings (SSSR count). The zero-order chi connectivity index (χ0) is 9.56. The Hall–Kier alpha value is -0.160. The summed E-state index contributed by atoms with van der Waals surface area (Å²) >= 11 is 0. The highest BCUT2D eigenvalue weighted by atomic mass is 16.3. The summed E-state index contributed by atoms with van der Waals surface area (Å²) in [4.78, 5) is 0. The topological polar surface area (TPSA) is 72.7 Å². The van der Waals surface area contributed by atoms with Gasteiger partial charge in [0.1, 0.15) is 0 Å². The molecule has 1 unspecified atom stereocenters. The normalized spacial score (nSPS) is 16.5. The molecule has 0 bridgehead atoms. The van der Waals surface area contributed by atoms with Crippen molar-refractivity contribution >= 4 is 0 Å². The average Bonchev–Trinajstić information content (AvgIpc) is 2.04. The molecule has 0 aliphatic heterocycles. The second-order valence-electron chi connectivity index (χ2n) is 3.28. The van der Waals surface area contributed by atoms with E-state index in [1.54, 1.807) is 0 Å². The lowest BCUT2D eigenvalue weighted by Gasteiger charge is -2.21. The fraction of sp³-hybridized carbons (Fsp3) is 1.00. The van der Waals surface area contributed by atoms with Crippen molar-refractivity contribution in [1.29, 1.82) is 0 Å². The van der Waals surface area contributed by atoms with Gasteiger partial charge < -0.3 is 20.6 Å². The summed E-state index contributed by atoms with van der Waals surface area (Å²) in [5, 5.41) is 29.3. The smallest absolute Gasteiger partial charge is 0.0895 e. The van der Waals surface area contributed by atoms with E-state index in [0.29, 0.717) is 12.5 Å². The molecule has 0 saturated carbocycles. The standard InChI is InChI=1S/C8H19NO3/c1-6(2)8(5-11)9-3-7(12)4-10/h6-12H,3-5H2,1-2H3/t7-,8?/m0/s1. The van der Waals surface area contributed by atoms with E-state index in [9.17, 15) is 0 Å². The van der Waals surface area contributed by atoms with Crippen LogP contribution < -0.4 is 5.32 Å². The molecular formula is C8H19NO3. The van der Waals surface area contributed by atoms with Gasteiger partial charge in [-0.2, -0.15) is 0 Å². The Morgan fingerprint density at radius 1 is 1.17 bits per heavy atom. The summed E-state index contributed by atoms with van der Waals surface area (Å²) in [7, 11) is 0. The van der Waals surface area contributed by atoms with Crippen molar-refractivity contribution in [2.45, 2.75) is 26.0 Å². The third-order valence-corrected chi connectivity index (χ3v) is 1.83. The van der Waals surface area contributed by atoms with Gasteiger partial charge in [0.25, 0.3) is 0 Å². The van der Waals surface area contributed by atoms with Crippen molar-refractivity contribution in [2.75, 3.05) is 19.8 Å². The van der Waals surface area contributed by atoms with Gasteiger partial charge in [0, 0.05) is 12.6 Å². The summed E-state index contributed by atoms with van der Waals surface area (Å²) in [5.41, 5.74) is 0. The SMILES string of the molecule is CC(C)C(CO)NC[C@H](O)CO. The maximum absolute atomic E-state index is 8.99. The first-order chi connectivity index (χ1) is 5.61. The molecule has 0 fully saturated rings. The molecule has 0 spiro atoms. The fourth-order valence-corrected chi connectivity index (χ4v) is 0.863. The first-order valence-electron chi connectivity index (χ1n) is 4.25. The first kappa shape index (κ1) is 11.8. The van der Waals surface area contributed by atoms with E-state index in [4.69, 9.17) is 15.3 Å². The molecule has 12 heavy (non-hydrogen) atoms. The maximum Gasteiger partial charge on any atom is 0.0895 e. The number of hydrogen-bond donors (Lipinski definition) is 4. The number of nitrogens with one attached hydrogen (secondary N) is 1. The Bertz CT molecular complexity index is 108. The molecule has 74 valence electrons. The zero-order valence-corrected chi connectivity index (χ0v) is 7.70. The molecule has 0 radical (unpaired) electrons. The summed E-state index contributed by atoms with van der Waals surface area (Å²) in [6.07, 6.45) is -0.738. The molecule has 0 heterocycles. The minimum Gasteiger partial charge on any atom is -0.395 e. The Morgan fingerprint density at radius 2 is 1.75 bits per heavy atom. The second-order valence-corrected chi connectivity index (χ2v) is 3.28. The van der Waals surface area contributed by atoms with Gasteiger partial charge in [-0.15, -0.1) is 0 Å². The van der Waals surface area contributed by atoms with Gasteiger partial charge in [-0.05, 0) is 5.92 Å². The van der Waals surface area contributed by atoms with Crippen LogP contribution in [0.4, 0.5) is 0 Å². The zero-order valence-electron chi connectivity index (χ0n) is 7.70. The number of aliphatic hydroxyl groups excluding tert-OH is 3. The quantitative estimate of drug-likeness (QED) is 0.417. The number of hydrogen-bond acceptors (Lipinski definition) is 4. The Kier molecular flexibility index (Phi) is 6.28. The van der Waals surface area contributed by atoms with Gasteiger partial charge >= 0.3 is 0 Å². The van der Waals surface area contributed by atoms with Gasteiger partial charge in [0.05, 0.1) is 19.3 Å². The number of rotatable bonds is 6. The fourth-order valence-electron chi connectivity index (χ4n) is 0.863. The molecule has 0 aromatic heterocycles. The van der Waals surface area contributed by atoms with E-state index >= 15 is 0 Å². The monoisotopic (exact) mass is 177 g/mol. The van der Waals surface area contributed by atoms with E-state index < -0.39 is 6.10 Å². The predicted molar refractivity (Wildman–Crippen MR) is 46.8 cm³/mol. The van der Waals surface area contributed by atoms with Gasteiger partial charge in [-0.1, -0.05) is 13.8 Å². The lowest BCUT2D eigenvalue weighted by Crippen LogP contribution is -2.42. The molecule has 0 aromatic rings. The second kappa shape index (κ2) is 6.37. The van der Waals surface area contributed by atoms with Crippen molar-refractivity contribution < 1.29 is 15.3 Å². The van der Waals surface area contributed by atoms with Crippen LogP contribution in [-0.2, 0) is 0 Å². The third-order valence-electron chi connectivity index (χ3n) is 1.83. The van der Waals surface area contributed by atoms with E-state index in [2.05, 4.69) is 5.32 Å². The molecule has 0 aliphatic rings. The van der Waals surface area contributed by atoms with Gasteiger partial charge in [0.15, 0.2) is 0 Å². The van der Waals surface area contributed by atoms with Gasteiger partial charge in [-0.3, -0.25) is 0 Å². The number of aliphatic hydroxyl groups is 3. The van der Waals surface area contributed by atoms with E-state index in [1.165, 1.54) is 0 Å². The summed E-state index contributed by atoms with van der Waals surface area (Å²) in [6.45, 7) is 4.09. The minimum atomic E-state index is -0.738. The average molecular weight is 177 g/mol. The van der Waals surface area contributed by atoms with Crippen LogP contribution in [0, 0.1) is 5.92 Å². The van der Waals surface area contributed by atoms with E-state index in [-0.39, 0.29) is 19.3 Å². The van der Waals surface area contributed by atoms with Crippen molar-refractivity contribution in [2.24, 2.45) is 5.92 Å². The summed E-state index contributed by atoms with van der Waals surface area (Å²) in [5.74, 6) is 0.320. The molecule has 0 aliphatic carbocycles. The highest BCUT2D eigenvalue weighted by molar-refractivity contribution is 4.70. The van der Waals surface area contributed by atoms with E-state index in [0.717, 1.165) is 0 Å². The lowest BCUT2D eigenvalue weighted by molar-refractivity contribution is 0.0857. The Morgan fingerprint density at radius 3 is 2.08 bits per heavy atom. The highest BCUT2D eigenvalue weighted by Gasteiger charge is 2.12. The van der Waals surface area contributed by atoms with Crippen LogP contribution in [0.25, 0.3) is 0 Å². The van der Waals surface area contributed by atoms with Crippen molar-refractivity contribution in [3.8, 4) is 0 Å². The van der Waals surface area contributed by atoms with Crippen LogP contribution >= 0.6 is 0 Å². The summed E-state index contributed by atoms with van der Waals surface area (Å²) < 4.78 is 0. The minimum absolute atomic E-state index is 0.00815. The van der Waals surface area contributed by atoms with Crippen LogP contribution in [-0.4, -0.2) is 47.2 Å². The molecular weight excluding hydrogens is 158 g/mol.